The molecule has 0 radical (unpaired) electrons. The lowest BCUT2D eigenvalue weighted by atomic mass is 10.1. The van der Waals surface area contributed by atoms with Crippen molar-refractivity contribution in [2.45, 2.75) is 13.3 Å². The summed E-state index contributed by atoms with van der Waals surface area (Å²) in [5.74, 6) is -0.335. The summed E-state index contributed by atoms with van der Waals surface area (Å²) in [6.45, 7) is 1.75. The van der Waals surface area contributed by atoms with Crippen molar-refractivity contribution in [1.29, 1.82) is 0 Å². The molecule has 2 aromatic carbocycles. The fraction of sp³-hybridized carbons (Fsp3) is 0.250. The standard InChI is InChI=1S/C20H22N2O5/c1-13(23)15-5-7-16(8-6-15)22-20(25)19(24)21-11-10-14-4-9-17(26-2)18(12-14)27-3/h4-9,12H,10-11H2,1-3H3,(H,21,24)(H,22,25). The number of methoxy groups -OCH3 is 2. The van der Waals surface area contributed by atoms with Crippen LogP contribution in [0, 0.1) is 0 Å². The van der Waals surface area contributed by atoms with E-state index in [1.54, 1.807) is 44.6 Å². The predicted octanol–water partition coefficient (Wildman–Crippen LogP) is 2.20. The van der Waals surface area contributed by atoms with E-state index >= 15 is 0 Å². The zero-order valence-corrected chi connectivity index (χ0v) is 15.5. The van der Waals surface area contributed by atoms with E-state index in [0.717, 1.165) is 5.56 Å². The van der Waals surface area contributed by atoms with Gasteiger partial charge in [0.25, 0.3) is 0 Å². The molecule has 2 amide bonds. The third-order valence-electron chi connectivity index (χ3n) is 3.90. The molecule has 0 fully saturated rings. The van der Waals surface area contributed by atoms with Crippen molar-refractivity contribution in [3.05, 3.63) is 53.6 Å². The van der Waals surface area contributed by atoms with Gasteiger partial charge in [-0.3, -0.25) is 14.4 Å². The summed E-state index contributed by atoms with van der Waals surface area (Å²) in [5, 5.41) is 5.06. The van der Waals surface area contributed by atoms with Gasteiger partial charge in [-0.05, 0) is 55.3 Å². The van der Waals surface area contributed by atoms with Crippen molar-refractivity contribution in [3.8, 4) is 11.5 Å². The maximum atomic E-state index is 11.9. The molecule has 0 spiro atoms. The molecule has 2 rings (SSSR count). The highest BCUT2D eigenvalue weighted by atomic mass is 16.5. The molecule has 7 heteroatoms. The van der Waals surface area contributed by atoms with Gasteiger partial charge in [-0.25, -0.2) is 0 Å². The number of benzene rings is 2. The van der Waals surface area contributed by atoms with E-state index in [2.05, 4.69) is 10.6 Å². The van der Waals surface area contributed by atoms with Gasteiger partial charge in [0.05, 0.1) is 14.2 Å². The number of ether oxygens (including phenoxy) is 2. The van der Waals surface area contributed by atoms with Crippen molar-refractivity contribution in [2.75, 3.05) is 26.1 Å². The van der Waals surface area contributed by atoms with Gasteiger partial charge < -0.3 is 20.1 Å². The predicted molar refractivity (Wildman–Crippen MR) is 101 cm³/mol. The molecule has 2 aromatic rings. The topological polar surface area (TPSA) is 93.7 Å². The molecule has 0 unspecified atom stereocenters. The van der Waals surface area contributed by atoms with Crippen LogP contribution in [0.25, 0.3) is 0 Å². The number of carbonyl (C=O) groups is 3. The normalized spacial score (nSPS) is 10.0. The molecule has 0 aromatic heterocycles. The van der Waals surface area contributed by atoms with Crippen molar-refractivity contribution in [1.82, 2.24) is 5.32 Å². The van der Waals surface area contributed by atoms with Gasteiger partial charge in [0.1, 0.15) is 0 Å². The number of ketones is 1. The summed E-state index contributed by atoms with van der Waals surface area (Å²) >= 11 is 0. The van der Waals surface area contributed by atoms with Crippen molar-refractivity contribution in [2.24, 2.45) is 0 Å². The van der Waals surface area contributed by atoms with E-state index in [0.29, 0.717) is 35.7 Å². The van der Waals surface area contributed by atoms with Gasteiger partial charge in [0.2, 0.25) is 0 Å². The third kappa shape index (κ3) is 5.57. The Bertz CT molecular complexity index is 831. The van der Waals surface area contributed by atoms with E-state index in [9.17, 15) is 14.4 Å². The zero-order chi connectivity index (χ0) is 19.8. The molecule has 0 saturated heterocycles. The summed E-state index contributed by atoms with van der Waals surface area (Å²) in [6.07, 6.45) is 0.534. The number of nitrogens with one attached hydrogen (secondary N) is 2. The minimum absolute atomic E-state index is 0.0687. The highest BCUT2D eigenvalue weighted by Crippen LogP contribution is 2.27. The molecule has 0 saturated carbocycles. The number of anilines is 1. The fourth-order valence-corrected chi connectivity index (χ4v) is 2.41. The largest absolute Gasteiger partial charge is 0.493 e. The molecule has 7 nitrogen and oxygen atoms in total. The molecule has 0 aliphatic heterocycles. The van der Waals surface area contributed by atoms with Crippen LogP contribution < -0.4 is 20.1 Å². The average Bonchev–Trinajstić information content (AvgIpc) is 2.68. The number of rotatable bonds is 7. The number of hydrogen-bond donors (Lipinski definition) is 2. The molecule has 0 aliphatic carbocycles. The van der Waals surface area contributed by atoms with Crippen molar-refractivity contribution < 1.29 is 23.9 Å². The molecule has 0 heterocycles. The van der Waals surface area contributed by atoms with Gasteiger partial charge in [-0.2, -0.15) is 0 Å². The van der Waals surface area contributed by atoms with Crippen molar-refractivity contribution in [3.63, 3.8) is 0 Å². The highest BCUT2D eigenvalue weighted by Gasteiger charge is 2.13. The van der Waals surface area contributed by atoms with Gasteiger partial charge in [0, 0.05) is 17.8 Å². The lowest BCUT2D eigenvalue weighted by Gasteiger charge is -2.10. The highest BCUT2D eigenvalue weighted by molar-refractivity contribution is 6.39. The second kappa shape index (κ2) is 9.38. The first-order valence-corrected chi connectivity index (χ1v) is 8.35. The Morgan fingerprint density at radius 2 is 1.56 bits per heavy atom. The van der Waals surface area contributed by atoms with Gasteiger partial charge >= 0.3 is 11.8 Å². The lowest BCUT2D eigenvalue weighted by Crippen LogP contribution is -2.36. The van der Waals surface area contributed by atoms with E-state index in [1.807, 2.05) is 12.1 Å². The Hall–Kier alpha value is -3.35. The summed E-state index contributed by atoms with van der Waals surface area (Å²) < 4.78 is 10.4. The minimum atomic E-state index is -0.766. The Labute approximate surface area is 157 Å². The molecule has 0 bridgehead atoms. The second-order valence-electron chi connectivity index (χ2n) is 5.78. The van der Waals surface area contributed by atoms with Crippen LogP contribution in [0.15, 0.2) is 42.5 Å². The van der Waals surface area contributed by atoms with Crippen molar-refractivity contribution >= 4 is 23.3 Å². The number of hydrogen-bond acceptors (Lipinski definition) is 5. The first-order chi connectivity index (χ1) is 12.9. The zero-order valence-electron chi connectivity index (χ0n) is 15.5. The molecule has 142 valence electrons. The van der Waals surface area contributed by atoms with Crippen LogP contribution in [0.5, 0.6) is 11.5 Å². The number of Topliss-reactive ketones (excluding diaryl/α,β-unsaturated/α-hetero) is 1. The summed E-state index contributed by atoms with van der Waals surface area (Å²) in [7, 11) is 3.11. The Kier molecular flexibility index (Phi) is 6.93. The maximum Gasteiger partial charge on any atom is 0.313 e. The fourth-order valence-electron chi connectivity index (χ4n) is 2.41. The van der Waals surface area contributed by atoms with Gasteiger partial charge in [0.15, 0.2) is 17.3 Å². The quantitative estimate of drug-likeness (QED) is 0.576. The van der Waals surface area contributed by atoms with Crippen LogP contribution >= 0.6 is 0 Å². The van der Waals surface area contributed by atoms with Crippen LogP contribution in [-0.4, -0.2) is 38.4 Å². The molecule has 2 N–H and O–H groups in total. The van der Waals surface area contributed by atoms with Crippen LogP contribution in [0.3, 0.4) is 0 Å². The molecule has 0 atom stereocenters. The van der Waals surface area contributed by atoms with Crippen LogP contribution in [-0.2, 0) is 16.0 Å². The maximum absolute atomic E-state index is 11.9. The monoisotopic (exact) mass is 370 g/mol. The number of carbonyl (C=O) groups excluding carboxylic acids is 3. The Morgan fingerprint density at radius 3 is 2.15 bits per heavy atom. The smallest absolute Gasteiger partial charge is 0.313 e. The second-order valence-corrected chi connectivity index (χ2v) is 5.78. The summed E-state index contributed by atoms with van der Waals surface area (Å²) in [5.41, 5.74) is 1.92. The van der Waals surface area contributed by atoms with Crippen LogP contribution in [0.4, 0.5) is 5.69 Å². The molecule has 27 heavy (non-hydrogen) atoms. The van der Waals surface area contributed by atoms with Gasteiger partial charge in [-0.15, -0.1) is 0 Å². The molecular formula is C20H22N2O5. The van der Waals surface area contributed by atoms with Crippen LogP contribution in [0.2, 0.25) is 0 Å². The average molecular weight is 370 g/mol. The van der Waals surface area contributed by atoms with Gasteiger partial charge in [-0.1, -0.05) is 6.07 Å². The Balaban J connectivity index is 1.84. The molecule has 0 aliphatic rings. The lowest BCUT2D eigenvalue weighted by molar-refractivity contribution is -0.136. The number of amides is 2. The SMILES string of the molecule is COc1ccc(CCNC(=O)C(=O)Nc2ccc(C(C)=O)cc2)cc1OC. The van der Waals surface area contributed by atoms with E-state index in [-0.39, 0.29) is 5.78 Å². The van der Waals surface area contributed by atoms with E-state index in [4.69, 9.17) is 9.47 Å². The van der Waals surface area contributed by atoms with Crippen LogP contribution in [0.1, 0.15) is 22.8 Å². The first kappa shape index (κ1) is 20.0. The third-order valence-corrected chi connectivity index (χ3v) is 3.90. The van der Waals surface area contributed by atoms with E-state index < -0.39 is 11.8 Å². The minimum Gasteiger partial charge on any atom is -0.493 e. The molecular weight excluding hydrogens is 348 g/mol. The summed E-state index contributed by atoms with van der Waals surface area (Å²) in [4.78, 5) is 35.1. The first-order valence-electron chi connectivity index (χ1n) is 8.35. The Morgan fingerprint density at radius 1 is 0.889 bits per heavy atom. The summed E-state index contributed by atoms with van der Waals surface area (Å²) in [6, 6.07) is 11.8. The van der Waals surface area contributed by atoms with E-state index in [1.165, 1.54) is 6.92 Å².